The SMILES string of the molecule is CN1c2ccccc2[C@]23C[C@H]4[C@H]([C@@H]5C[C@H](O)N4[C@@H](C5)[C@H]12)[C@H]3O. The van der Waals surface area contributed by atoms with Crippen molar-refractivity contribution in [1.29, 1.82) is 0 Å². The molecule has 1 saturated carbocycles. The van der Waals surface area contributed by atoms with Gasteiger partial charge in [0.1, 0.15) is 6.23 Å². The lowest BCUT2D eigenvalue weighted by Gasteiger charge is -2.59. The summed E-state index contributed by atoms with van der Waals surface area (Å²) in [7, 11) is 2.18. The minimum absolute atomic E-state index is 0.110. The molecule has 5 fully saturated rings. The van der Waals surface area contributed by atoms with E-state index in [1.807, 2.05) is 0 Å². The molecule has 1 aliphatic carbocycles. The molecule has 5 heterocycles. The van der Waals surface area contributed by atoms with Crippen LogP contribution in [0.4, 0.5) is 5.69 Å². The maximum atomic E-state index is 11.4. The van der Waals surface area contributed by atoms with Gasteiger partial charge in [-0.25, -0.2) is 0 Å². The number of aliphatic hydroxyl groups is 2. The number of anilines is 1. The zero-order valence-corrected chi connectivity index (χ0v) is 12.8. The predicted molar refractivity (Wildman–Crippen MR) is 82.6 cm³/mol. The number of piperidine rings is 4. The molecular formula is C18H22N2O2. The lowest BCUT2D eigenvalue weighted by molar-refractivity contribution is -0.174. The summed E-state index contributed by atoms with van der Waals surface area (Å²) < 4.78 is 0. The van der Waals surface area contributed by atoms with E-state index in [4.69, 9.17) is 0 Å². The molecule has 4 saturated heterocycles. The smallest absolute Gasteiger partial charge is 0.108 e. The third kappa shape index (κ3) is 1.02. The number of benzene rings is 1. The standard InChI is InChI=1S/C18H22N2O2/c1-19-11-5-3-2-4-10(11)18-8-13-15(17(18)22)9-6-12(16(18)19)20(13)14(21)7-9/h2-5,9,12-17,21-22H,6-8H2,1H3/t9-,12-,13-,14-,15-,16-,17+,18+/m0/s1. The van der Waals surface area contributed by atoms with Gasteiger partial charge in [0, 0.05) is 36.2 Å². The number of para-hydroxylation sites is 1. The van der Waals surface area contributed by atoms with E-state index in [0.717, 1.165) is 19.3 Å². The highest BCUT2D eigenvalue weighted by Gasteiger charge is 2.74. The molecule has 2 N–H and O–H groups in total. The summed E-state index contributed by atoms with van der Waals surface area (Å²) in [6, 6.07) is 9.71. The molecule has 0 amide bonds. The fourth-order valence-electron chi connectivity index (χ4n) is 7.24. The van der Waals surface area contributed by atoms with E-state index < -0.39 is 0 Å². The molecule has 7 rings (SSSR count). The van der Waals surface area contributed by atoms with Crippen molar-refractivity contribution >= 4 is 5.69 Å². The second-order valence-electron chi connectivity index (χ2n) is 8.13. The van der Waals surface area contributed by atoms with Gasteiger partial charge >= 0.3 is 0 Å². The molecule has 5 aliphatic heterocycles. The molecule has 0 radical (unpaired) electrons. The highest BCUT2D eigenvalue weighted by Crippen LogP contribution is 2.67. The summed E-state index contributed by atoms with van der Waals surface area (Å²) in [5.41, 5.74) is 2.52. The van der Waals surface area contributed by atoms with Crippen molar-refractivity contribution in [2.45, 2.75) is 55.1 Å². The second kappa shape index (κ2) is 3.53. The normalized spacial score (nSPS) is 56.4. The fourth-order valence-corrected chi connectivity index (χ4v) is 7.24. The van der Waals surface area contributed by atoms with Gasteiger partial charge in [0.2, 0.25) is 0 Å². The van der Waals surface area contributed by atoms with Crippen LogP contribution in [0.2, 0.25) is 0 Å². The summed E-state index contributed by atoms with van der Waals surface area (Å²) in [6.07, 6.45) is 2.43. The summed E-state index contributed by atoms with van der Waals surface area (Å²) in [5.74, 6) is 0.847. The Morgan fingerprint density at radius 1 is 1.14 bits per heavy atom. The Balaban J connectivity index is 1.64. The zero-order valence-electron chi connectivity index (χ0n) is 12.8. The number of fused-ring (bicyclic) bond motifs is 2. The van der Waals surface area contributed by atoms with Crippen LogP contribution in [0.3, 0.4) is 0 Å². The van der Waals surface area contributed by atoms with Gasteiger partial charge in [0.05, 0.1) is 12.1 Å². The second-order valence-corrected chi connectivity index (χ2v) is 8.13. The van der Waals surface area contributed by atoms with Crippen LogP contribution in [0, 0.1) is 11.8 Å². The van der Waals surface area contributed by atoms with Crippen molar-refractivity contribution in [1.82, 2.24) is 4.90 Å². The lowest BCUT2D eigenvalue weighted by Crippen LogP contribution is -2.70. The molecule has 1 aromatic carbocycles. The number of aliphatic hydroxyl groups excluding tert-OH is 2. The highest BCUT2D eigenvalue weighted by molar-refractivity contribution is 5.67. The first kappa shape index (κ1) is 12.3. The van der Waals surface area contributed by atoms with Crippen LogP contribution in [0.25, 0.3) is 0 Å². The van der Waals surface area contributed by atoms with E-state index >= 15 is 0 Å². The minimum atomic E-state index is -0.301. The molecule has 22 heavy (non-hydrogen) atoms. The molecule has 4 heteroatoms. The van der Waals surface area contributed by atoms with Gasteiger partial charge in [-0.1, -0.05) is 18.2 Å². The minimum Gasteiger partial charge on any atom is -0.392 e. The largest absolute Gasteiger partial charge is 0.392 e. The molecule has 9 atom stereocenters. The molecule has 4 nitrogen and oxygen atoms in total. The highest BCUT2D eigenvalue weighted by atomic mass is 16.3. The average Bonchev–Trinajstić information content (AvgIpc) is 2.90. The van der Waals surface area contributed by atoms with Gasteiger partial charge in [-0.15, -0.1) is 0 Å². The van der Waals surface area contributed by atoms with E-state index in [0.29, 0.717) is 30.0 Å². The van der Waals surface area contributed by atoms with Crippen molar-refractivity contribution in [3.05, 3.63) is 29.8 Å². The molecular weight excluding hydrogens is 276 g/mol. The Hall–Kier alpha value is -1.10. The Bertz CT molecular complexity index is 679. The van der Waals surface area contributed by atoms with Crippen LogP contribution in [0.5, 0.6) is 0 Å². The van der Waals surface area contributed by atoms with Crippen LogP contribution < -0.4 is 4.90 Å². The number of rotatable bonds is 0. The van der Waals surface area contributed by atoms with Gasteiger partial charge in [0.15, 0.2) is 0 Å². The quantitative estimate of drug-likeness (QED) is 0.748. The van der Waals surface area contributed by atoms with Gasteiger partial charge in [-0.05, 0) is 36.8 Å². The summed E-state index contributed by atoms with van der Waals surface area (Å²) in [5, 5.41) is 22.0. The summed E-state index contributed by atoms with van der Waals surface area (Å²) in [6.45, 7) is 0. The van der Waals surface area contributed by atoms with Crippen molar-refractivity contribution in [3.8, 4) is 0 Å². The fraction of sp³-hybridized carbons (Fsp3) is 0.667. The van der Waals surface area contributed by atoms with Crippen molar-refractivity contribution in [3.63, 3.8) is 0 Å². The average molecular weight is 298 g/mol. The molecule has 6 aliphatic rings. The van der Waals surface area contributed by atoms with Gasteiger partial charge in [-0.3, -0.25) is 4.90 Å². The summed E-state index contributed by atoms with van der Waals surface area (Å²) in [4.78, 5) is 4.77. The molecule has 1 aromatic rings. The Morgan fingerprint density at radius 3 is 2.82 bits per heavy atom. The molecule has 1 unspecified atom stereocenters. The van der Waals surface area contributed by atoms with Crippen molar-refractivity contribution < 1.29 is 10.2 Å². The van der Waals surface area contributed by atoms with E-state index in [1.165, 1.54) is 11.3 Å². The first-order chi connectivity index (χ1) is 10.6. The van der Waals surface area contributed by atoms with E-state index in [-0.39, 0.29) is 17.7 Å². The van der Waals surface area contributed by atoms with E-state index in [2.05, 4.69) is 41.1 Å². The monoisotopic (exact) mass is 298 g/mol. The maximum absolute atomic E-state index is 11.4. The lowest BCUT2D eigenvalue weighted by atomic mass is 9.66. The number of nitrogens with zero attached hydrogens (tertiary/aromatic N) is 2. The van der Waals surface area contributed by atoms with Crippen LogP contribution in [0.15, 0.2) is 24.3 Å². The number of hydrogen-bond donors (Lipinski definition) is 2. The van der Waals surface area contributed by atoms with Crippen LogP contribution in [-0.2, 0) is 5.41 Å². The first-order valence-electron chi connectivity index (χ1n) is 8.60. The maximum Gasteiger partial charge on any atom is 0.108 e. The topological polar surface area (TPSA) is 46.9 Å². The number of likely N-dealkylation sites (N-methyl/N-ethyl adjacent to an activating group) is 1. The van der Waals surface area contributed by atoms with Gasteiger partial charge in [0.25, 0.3) is 0 Å². The van der Waals surface area contributed by atoms with E-state index in [1.54, 1.807) is 0 Å². The van der Waals surface area contributed by atoms with Crippen LogP contribution in [-0.4, -0.2) is 52.6 Å². The predicted octanol–water partition coefficient (Wildman–Crippen LogP) is 0.918. The summed E-state index contributed by atoms with van der Waals surface area (Å²) >= 11 is 0. The van der Waals surface area contributed by atoms with Gasteiger partial charge < -0.3 is 15.1 Å². The zero-order chi connectivity index (χ0) is 14.8. The molecule has 1 spiro atoms. The number of hydrogen-bond acceptors (Lipinski definition) is 4. The van der Waals surface area contributed by atoms with Crippen molar-refractivity contribution in [2.24, 2.45) is 11.8 Å². The first-order valence-corrected chi connectivity index (χ1v) is 8.60. The van der Waals surface area contributed by atoms with Crippen LogP contribution >= 0.6 is 0 Å². The molecule has 0 aromatic heterocycles. The molecule has 5 bridgehead atoms. The molecule has 116 valence electrons. The third-order valence-electron chi connectivity index (χ3n) is 7.69. The Labute approximate surface area is 130 Å². The van der Waals surface area contributed by atoms with Crippen LogP contribution in [0.1, 0.15) is 24.8 Å². The van der Waals surface area contributed by atoms with E-state index in [9.17, 15) is 10.2 Å². The van der Waals surface area contributed by atoms with Gasteiger partial charge in [-0.2, -0.15) is 0 Å². The Morgan fingerprint density at radius 2 is 1.95 bits per heavy atom. The third-order valence-corrected chi connectivity index (χ3v) is 7.69. The van der Waals surface area contributed by atoms with Crippen molar-refractivity contribution in [2.75, 3.05) is 11.9 Å². The Kier molecular flexibility index (Phi) is 1.98.